The molecule has 160 valence electrons. The highest BCUT2D eigenvalue weighted by Gasteiger charge is 2.39. The lowest BCUT2D eigenvalue weighted by Gasteiger charge is -2.50. The summed E-state index contributed by atoms with van der Waals surface area (Å²) in [6, 6.07) is 0. The fourth-order valence-corrected chi connectivity index (χ4v) is 5.40. The monoisotopic (exact) mass is 381 g/mol. The van der Waals surface area contributed by atoms with Crippen LogP contribution in [0.4, 0.5) is 0 Å². The van der Waals surface area contributed by atoms with Gasteiger partial charge >= 0.3 is 0 Å². The molecule has 0 N–H and O–H groups in total. The van der Waals surface area contributed by atoms with Crippen molar-refractivity contribution in [3.8, 4) is 0 Å². The van der Waals surface area contributed by atoms with Crippen LogP contribution in [0.1, 0.15) is 67.7 Å². The largest absolute Gasteiger partial charge is 0.377 e. The average Bonchev–Trinajstić information content (AvgIpc) is 2.61. The second-order valence-electron chi connectivity index (χ2n) is 10.4. The number of hydrogen-bond acceptors (Lipinski definition) is 4. The Kier molecular flexibility index (Phi) is 8.60. The minimum atomic E-state index is 0.284. The summed E-state index contributed by atoms with van der Waals surface area (Å²) in [7, 11) is 0. The van der Waals surface area contributed by atoms with Crippen LogP contribution < -0.4 is 0 Å². The van der Waals surface area contributed by atoms with Crippen LogP contribution in [-0.4, -0.2) is 85.3 Å². The zero-order chi connectivity index (χ0) is 20.1. The first-order chi connectivity index (χ1) is 12.6. The Hall–Kier alpha value is -0.160. The Bertz CT molecular complexity index is 419. The molecule has 0 aromatic carbocycles. The molecule has 27 heavy (non-hydrogen) atoms. The number of piperidine rings is 1. The number of ether oxygens (including phenoxy) is 1. The predicted molar refractivity (Wildman–Crippen MR) is 116 cm³/mol. The zero-order valence-corrected chi connectivity index (χ0v) is 19.4. The van der Waals surface area contributed by atoms with Crippen molar-refractivity contribution in [2.45, 2.75) is 79.4 Å². The van der Waals surface area contributed by atoms with Crippen molar-refractivity contribution in [2.24, 2.45) is 11.3 Å². The maximum Gasteiger partial charge on any atom is 0.0596 e. The summed E-state index contributed by atoms with van der Waals surface area (Å²) >= 11 is 0. The number of piperazine rings is 1. The molecule has 0 aliphatic carbocycles. The summed E-state index contributed by atoms with van der Waals surface area (Å²) in [4.78, 5) is 7.93. The molecule has 0 bridgehead atoms. The third-order valence-electron chi connectivity index (χ3n) is 7.12. The SMILES string of the molecule is CCN1CCC(C(C)(C)CC(C)(C)N2CCN(CCOC(C)C)CC2)CC1. The molecule has 0 amide bonds. The molecule has 2 heterocycles. The van der Waals surface area contributed by atoms with Gasteiger partial charge in [-0.25, -0.2) is 0 Å². The molecule has 0 unspecified atom stereocenters. The minimum absolute atomic E-state index is 0.284. The first kappa shape index (κ1) is 23.1. The standard InChI is InChI=1S/C23H47N3O/c1-8-24-11-9-21(10-12-24)22(4,5)19-23(6,7)26-15-13-25(14-16-26)17-18-27-20(2)3/h20-21H,8-19H2,1-7H3. The van der Waals surface area contributed by atoms with Gasteiger partial charge in [0.15, 0.2) is 0 Å². The van der Waals surface area contributed by atoms with Gasteiger partial charge < -0.3 is 9.64 Å². The van der Waals surface area contributed by atoms with E-state index in [1.54, 1.807) is 0 Å². The number of likely N-dealkylation sites (tertiary alicyclic amines) is 1. The Morgan fingerprint density at radius 1 is 0.889 bits per heavy atom. The molecule has 2 aliphatic heterocycles. The maximum atomic E-state index is 5.73. The van der Waals surface area contributed by atoms with Gasteiger partial charge in [0.2, 0.25) is 0 Å². The number of hydrogen-bond donors (Lipinski definition) is 0. The molecule has 4 heteroatoms. The summed E-state index contributed by atoms with van der Waals surface area (Å²) in [5.74, 6) is 0.869. The summed E-state index contributed by atoms with van der Waals surface area (Å²) in [6.07, 6.45) is 4.39. The second-order valence-corrected chi connectivity index (χ2v) is 10.4. The average molecular weight is 382 g/mol. The minimum Gasteiger partial charge on any atom is -0.377 e. The lowest BCUT2D eigenvalue weighted by atomic mass is 9.67. The molecule has 2 saturated heterocycles. The molecule has 0 aromatic heterocycles. The molecule has 0 aromatic rings. The summed E-state index contributed by atoms with van der Waals surface area (Å²) < 4.78 is 5.73. The first-order valence-corrected chi connectivity index (χ1v) is 11.5. The van der Waals surface area contributed by atoms with E-state index in [0.717, 1.165) is 19.1 Å². The lowest BCUT2D eigenvalue weighted by molar-refractivity contribution is -0.00802. The van der Waals surface area contributed by atoms with E-state index in [9.17, 15) is 0 Å². The van der Waals surface area contributed by atoms with Crippen LogP contribution >= 0.6 is 0 Å². The molecular formula is C23H47N3O. The van der Waals surface area contributed by atoms with Gasteiger partial charge in [0.1, 0.15) is 0 Å². The van der Waals surface area contributed by atoms with Crippen molar-refractivity contribution < 1.29 is 4.74 Å². The summed E-state index contributed by atoms with van der Waals surface area (Å²) in [5, 5.41) is 0. The zero-order valence-electron chi connectivity index (χ0n) is 19.4. The molecule has 2 aliphatic rings. The number of nitrogens with zero attached hydrogens (tertiary/aromatic N) is 3. The van der Waals surface area contributed by atoms with Gasteiger partial charge in [0.25, 0.3) is 0 Å². The van der Waals surface area contributed by atoms with E-state index in [0.29, 0.717) is 11.5 Å². The Morgan fingerprint density at radius 2 is 1.48 bits per heavy atom. The van der Waals surface area contributed by atoms with Crippen LogP contribution in [0, 0.1) is 11.3 Å². The fraction of sp³-hybridized carbons (Fsp3) is 1.00. The predicted octanol–water partition coefficient (Wildman–Crippen LogP) is 3.96. The number of rotatable bonds is 9. The topological polar surface area (TPSA) is 19.0 Å². The summed E-state index contributed by atoms with van der Waals surface area (Å²) in [5.41, 5.74) is 0.706. The van der Waals surface area contributed by atoms with Crippen LogP contribution in [0.2, 0.25) is 0 Å². The van der Waals surface area contributed by atoms with Gasteiger partial charge in [-0.1, -0.05) is 20.8 Å². The molecule has 0 atom stereocenters. The van der Waals surface area contributed by atoms with E-state index in [-0.39, 0.29) is 5.54 Å². The molecule has 0 saturated carbocycles. The first-order valence-electron chi connectivity index (χ1n) is 11.5. The normalized spacial score (nSPS) is 22.7. The molecule has 0 radical (unpaired) electrons. The van der Waals surface area contributed by atoms with Gasteiger partial charge in [-0.05, 0) is 77.9 Å². The van der Waals surface area contributed by atoms with E-state index in [1.807, 2.05) is 0 Å². The van der Waals surface area contributed by atoms with Crippen molar-refractivity contribution in [1.82, 2.24) is 14.7 Å². The van der Waals surface area contributed by atoms with Crippen LogP contribution in [0.3, 0.4) is 0 Å². The molecular weight excluding hydrogens is 334 g/mol. The Balaban J connectivity index is 1.80. The molecule has 2 rings (SSSR count). The fourth-order valence-electron chi connectivity index (χ4n) is 5.40. The van der Waals surface area contributed by atoms with Crippen molar-refractivity contribution in [3.63, 3.8) is 0 Å². The highest BCUT2D eigenvalue weighted by Crippen LogP contribution is 2.42. The van der Waals surface area contributed by atoms with Crippen molar-refractivity contribution in [2.75, 3.05) is 59.0 Å². The highest BCUT2D eigenvalue weighted by atomic mass is 16.5. The van der Waals surface area contributed by atoms with E-state index >= 15 is 0 Å². The maximum absolute atomic E-state index is 5.73. The van der Waals surface area contributed by atoms with Crippen molar-refractivity contribution >= 4 is 0 Å². The van der Waals surface area contributed by atoms with Gasteiger partial charge in [-0.3, -0.25) is 9.80 Å². The summed E-state index contributed by atoms with van der Waals surface area (Å²) in [6.45, 7) is 27.0. The van der Waals surface area contributed by atoms with Gasteiger partial charge in [0.05, 0.1) is 12.7 Å². The molecule has 0 spiro atoms. The third-order valence-corrected chi connectivity index (χ3v) is 7.12. The van der Waals surface area contributed by atoms with Crippen LogP contribution in [0.15, 0.2) is 0 Å². The van der Waals surface area contributed by atoms with E-state index in [4.69, 9.17) is 4.74 Å². The van der Waals surface area contributed by atoms with E-state index in [2.05, 4.69) is 63.2 Å². The Morgan fingerprint density at radius 3 is 2.00 bits per heavy atom. The smallest absolute Gasteiger partial charge is 0.0596 e. The highest BCUT2D eigenvalue weighted by molar-refractivity contribution is 4.94. The van der Waals surface area contributed by atoms with Gasteiger partial charge in [-0.15, -0.1) is 0 Å². The molecule has 4 nitrogen and oxygen atoms in total. The van der Waals surface area contributed by atoms with E-state index < -0.39 is 0 Å². The lowest BCUT2D eigenvalue weighted by Crippen LogP contribution is -2.56. The van der Waals surface area contributed by atoms with Crippen molar-refractivity contribution in [3.05, 3.63) is 0 Å². The molecule has 2 fully saturated rings. The third kappa shape index (κ3) is 6.99. The Labute approximate surface area is 169 Å². The van der Waals surface area contributed by atoms with Crippen molar-refractivity contribution in [1.29, 1.82) is 0 Å². The van der Waals surface area contributed by atoms with Crippen LogP contribution in [0.5, 0.6) is 0 Å². The van der Waals surface area contributed by atoms with Crippen LogP contribution in [0.25, 0.3) is 0 Å². The second kappa shape index (κ2) is 10.0. The van der Waals surface area contributed by atoms with Crippen LogP contribution in [-0.2, 0) is 4.74 Å². The van der Waals surface area contributed by atoms with E-state index in [1.165, 1.54) is 65.1 Å². The van der Waals surface area contributed by atoms with Gasteiger partial charge in [0, 0.05) is 38.3 Å². The quantitative estimate of drug-likeness (QED) is 0.602. The van der Waals surface area contributed by atoms with Gasteiger partial charge in [-0.2, -0.15) is 0 Å².